The second-order valence-corrected chi connectivity index (χ2v) is 7.44. The fraction of sp³-hybridized carbons (Fsp3) is 0.350. The summed E-state index contributed by atoms with van der Waals surface area (Å²) in [6, 6.07) is 3.99. The van der Waals surface area contributed by atoms with Crippen molar-refractivity contribution in [2.24, 2.45) is 5.92 Å². The summed E-state index contributed by atoms with van der Waals surface area (Å²) in [6.07, 6.45) is 5.64. The number of carbonyl (C=O) groups excluding carboxylic acids is 1. The third-order valence-corrected chi connectivity index (χ3v) is 4.95. The number of hydrogen-bond donors (Lipinski definition) is 2. The molecule has 30 heavy (non-hydrogen) atoms. The fourth-order valence-corrected chi connectivity index (χ4v) is 3.12. The number of carboxylic acid groups (broad SMARTS) is 1. The predicted molar refractivity (Wildman–Crippen MR) is 101 cm³/mol. The Balaban J connectivity index is 1.48. The van der Waals surface area contributed by atoms with Gasteiger partial charge in [-0.2, -0.15) is 0 Å². The summed E-state index contributed by atoms with van der Waals surface area (Å²) < 4.78 is 20.2. The van der Waals surface area contributed by atoms with E-state index in [1.165, 1.54) is 16.8 Å². The van der Waals surface area contributed by atoms with Gasteiger partial charge in [0.1, 0.15) is 29.5 Å². The Morgan fingerprint density at radius 1 is 1.40 bits per heavy atom. The lowest BCUT2D eigenvalue weighted by molar-refractivity contribution is 0.0659. The third-order valence-electron chi connectivity index (χ3n) is 4.95. The third kappa shape index (κ3) is 4.53. The molecule has 1 atom stereocenters. The van der Waals surface area contributed by atoms with Crippen molar-refractivity contribution >= 4 is 11.9 Å². The van der Waals surface area contributed by atoms with Crippen molar-refractivity contribution < 1.29 is 23.5 Å². The van der Waals surface area contributed by atoms with Gasteiger partial charge in [-0.25, -0.2) is 18.9 Å². The minimum Gasteiger partial charge on any atom is -0.475 e. The number of carbonyl (C=O) groups is 2. The molecule has 1 aliphatic carbocycles. The molecule has 0 saturated heterocycles. The topological polar surface area (TPSA) is 123 Å². The molecule has 0 aromatic carbocycles. The van der Waals surface area contributed by atoms with E-state index in [0.29, 0.717) is 29.4 Å². The standard InChI is InChI=1S/C20H20FN5O4/c1-11-6-16(22-8-14(11)21)19(27)23-15(7-12-2-3-12)17-10-26(25-24-17)9-13-4-5-18(30-13)20(28)29/h4-6,8,10,12,15H,2-3,7,9H2,1H3,(H,23,27)(H,28,29). The fourth-order valence-electron chi connectivity index (χ4n) is 3.12. The molecule has 1 amide bonds. The Hall–Kier alpha value is -3.56. The number of nitrogens with zero attached hydrogens (tertiary/aromatic N) is 4. The van der Waals surface area contributed by atoms with E-state index in [2.05, 4.69) is 20.6 Å². The van der Waals surface area contributed by atoms with E-state index in [-0.39, 0.29) is 24.0 Å². The quantitative estimate of drug-likeness (QED) is 0.582. The van der Waals surface area contributed by atoms with Gasteiger partial charge in [0.2, 0.25) is 5.76 Å². The van der Waals surface area contributed by atoms with E-state index in [4.69, 9.17) is 9.52 Å². The summed E-state index contributed by atoms with van der Waals surface area (Å²) in [5, 5.41) is 20.1. The number of furan rings is 1. The minimum absolute atomic E-state index is 0.138. The summed E-state index contributed by atoms with van der Waals surface area (Å²) in [6.45, 7) is 1.79. The molecule has 3 heterocycles. The number of halogens is 1. The number of nitrogens with one attached hydrogen (secondary N) is 1. The summed E-state index contributed by atoms with van der Waals surface area (Å²) in [5.41, 5.74) is 1.07. The molecule has 1 saturated carbocycles. The first kappa shape index (κ1) is 19.7. The molecule has 2 N–H and O–H groups in total. The first-order valence-electron chi connectivity index (χ1n) is 9.54. The van der Waals surface area contributed by atoms with E-state index < -0.39 is 17.7 Å². The molecule has 10 heteroatoms. The zero-order valence-electron chi connectivity index (χ0n) is 16.2. The van der Waals surface area contributed by atoms with Gasteiger partial charge in [0.25, 0.3) is 5.91 Å². The summed E-state index contributed by atoms with van der Waals surface area (Å²) in [4.78, 5) is 27.4. The van der Waals surface area contributed by atoms with Crippen molar-refractivity contribution in [2.75, 3.05) is 0 Å². The lowest BCUT2D eigenvalue weighted by atomic mass is 10.1. The predicted octanol–water partition coefficient (Wildman–Crippen LogP) is 2.73. The Labute approximate surface area is 170 Å². The van der Waals surface area contributed by atoms with Crippen molar-refractivity contribution in [3.8, 4) is 0 Å². The van der Waals surface area contributed by atoms with Gasteiger partial charge in [-0.05, 0) is 43.0 Å². The van der Waals surface area contributed by atoms with Crippen LogP contribution < -0.4 is 5.32 Å². The van der Waals surface area contributed by atoms with Crippen LogP contribution in [0.4, 0.5) is 4.39 Å². The SMILES string of the molecule is Cc1cc(C(=O)NC(CC2CC2)c2cn(Cc3ccc(C(=O)O)o3)nn2)ncc1F. The molecule has 4 rings (SSSR count). The second-order valence-electron chi connectivity index (χ2n) is 7.44. The Kier molecular flexibility index (Phi) is 5.30. The Morgan fingerprint density at radius 2 is 2.20 bits per heavy atom. The van der Waals surface area contributed by atoms with Crippen LogP contribution >= 0.6 is 0 Å². The van der Waals surface area contributed by atoms with Crippen molar-refractivity contribution in [3.05, 3.63) is 64.9 Å². The first-order chi connectivity index (χ1) is 14.4. The lowest BCUT2D eigenvalue weighted by Gasteiger charge is -2.16. The van der Waals surface area contributed by atoms with Gasteiger partial charge >= 0.3 is 5.97 Å². The highest BCUT2D eigenvalue weighted by atomic mass is 19.1. The molecular formula is C20H20FN5O4. The second kappa shape index (κ2) is 8.05. The average Bonchev–Trinajstić information content (AvgIpc) is 3.20. The maximum Gasteiger partial charge on any atom is 0.371 e. The molecule has 0 spiro atoms. The van der Waals surface area contributed by atoms with Gasteiger partial charge in [0.15, 0.2) is 0 Å². The smallest absolute Gasteiger partial charge is 0.371 e. The Morgan fingerprint density at radius 3 is 2.87 bits per heavy atom. The van der Waals surface area contributed by atoms with Crippen LogP contribution in [0.3, 0.4) is 0 Å². The van der Waals surface area contributed by atoms with Crippen LogP contribution in [0.25, 0.3) is 0 Å². The molecule has 1 fully saturated rings. The number of hydrogen-bond acceptors (Lipinski definition) is 6. The zero-order valence-corrected chi connectivity index (χ0v) is 16.2. The molecular weight excluding hydrogens is 393 g/mol. The average molecular weight is 413 g/mol. The highest BCUT2D eigenvalue weighted by molar-refractivity contribution is 5.92. The van der Waals surface area contributed by atoms with Crippen molar-refractivity contribution in [3.63, 3.8) is 0 Å². The van der Waals surface area contributed by atoms with Crippen molar-refractivity contribution in [2.45, 2.75) is 38.8 Å². The van der Waals surface area contributed by atoms with E-state index >= 15 is 0 Å². The van der Waals surface area contributed by atoms with E-state index in [1.807, 2.05) is 0 Å². The van der Waals surface area contributed by atoms with E-state index in [9.17, 15) is 14.0 Å². The molecule has 1 aliphatic rings. The number of carboxylic acids is 1. The molecule has 156 valence electrons. The highest BCUT2D eigenvalue weighted by Gasteiger charge is 2.29. The number of rotatable bonds is 8. The van der Waals surface area contributed by atoms with Crippen LogP contribution in [-0.4, -0.2) is 37.0 Å². The molecule has 0 aliphatic heterocycles. The molecule has 3 aromatic rings. The maximum absolute atomic E-state index is 13.4. The normalized spacial score (nSPS) is 14.5. The first-order valence-corrected chi connectivity index (χ1v) is 9.54. The molecule has 0 bridgehead atoms. The number of aryl methyl sites for hydroxylation is 1. The number of aromatic nitrogens is 4. The van der Waals surface area contributed by atoms with Gasteiger partial charge in [-0.3, -0.25) is 4.79 Å². The van der Waals surface area contributed by atoms with Crippen LogP contribution in [0.5, 0.6) is 0 Å². The number of amides is 1. The van der Waals surface area contributed by atoms with Crippen LogP contribution in [0, 0.1) is 18.7 Å². The van der Waals surface area contributed by atoms with Crippen molar-refractivity contribution in [1.29, 1.82) is 0 Å². The summed E-state index contributed by atoms with van der Waals surface area (Å²) in [7, 11) is 0. The van der Waals surface area contributed by atoms with Gasteiger partial charge < -0.3 is 14.8 Å². The lowest BCUT2D eigenvalue weighted by Crippen LogP contribution is -2.30. The largest absolute Gasteiger partial charge is 0.475 e. The number of aromatic carboxylic acids is 1. The van der Waals surface area contributed by atoms with Gasteiger partial charge in [0, 0.05) is 0 Å². The summed E-state index contributed by atoms with van der Waals surface area (Å²) in [5.74, 6) is -1.23. The van der Waals surface area contributed by atoms with E-state index in [0.717, 1.165) is 19.0 Å². The minimum atomic E-state index is -1.14. The van der Waals surface area contributed by atoms with Crippen LogP contribution in [0.1, 0.15) is 63.4 Å². The number of pyridine rings is 1. The molecule has 3 aromatic heterocycles. The van der Waals surface area contributed by atoms with Gasteiger partial charge in [-0.1, -0.05) is 18.1 Å². The van der Waals surface area contributed by atoms with Crippen molar-refractivity contribution in [1.82, 2.24) is 25.3 Å². The summed E-state index contributed by atoms with van der Waals surface area (Å²) >= 11 is 0. The maximum atomic E-state index is 13.4. The molecule has 0 radical (unpaired) electrons. The Bertz CT molecular complexity index is 1090. The van der Waals surface area contributed by atoms with Gasteiger partial charge in [-0.15, -0.1) is 5.10 Å². The zero-order chi connectivity index (χ0) is 21.3. The van der Waals surface area contributed by atoms with E-state index in [1.54, 1.807) is 19.2 Å². The van der Waals surface area contributed by atoms with Crippen LogP contribution in [0.2, 0.25) is 0 Å². The van der Waals surface area contributed by atoms with Crippen LogP contribution in [0.15, 0.2) is 35.0 Å². The van der Waals surface area contributed by atoms with Gasteiger partial charge in [0.05, 0.1) is 18.4 Å². The van der Waals surface area contributed by atoms with Crippen LogP contribution in [-0.2, 0) is 6.54 Å². The molecule has 1 unspecified atom stereocenters. The monoisotopic (exact) mass is 413 g/mol. The molecule has 9 nitrogen and oxygen atoms in total. The highest BCUT2D eigenvalue weighted by Crippen LogP contribution is 2.37.